The van der Waals surface area contributed by atoms with E-state index in [0.717, 1.165) is 5.56 Å². The summed E-state index contributed by atoms with van der Waals surface area (Å²) in [7, 11) is 0. The number of rotatable bonds is 5. The number of aldehydes is 1. The fourth-order valence-corrected chi connectivity index (χ4v) is 1.67. The third-order valence-electron chi connectivity index (χ3n) is 2.70. The number of ether oxygens (including phenoxy) is 1. The van der Waals surface area contributed by atoms with Gasteiger partial charge >= 0.3 is 0 Å². The van der Waals surface area contributed by atoms with Gasteiger partial charge in [-0.1, -0.05) is 0 Å². The second-order valence-corrected chi connectivity index (χ2v) is 4.13. The molecule has 0 aliphatic rings. The van der Waals surface area contributed by atoms with Crippen molar-refractivity contribution in [2.75, 3.05) is 5.73 Å². The summed E-state index contributed by atoms with van der Waals surface area (Å²) in [5.74, 6) is 0.424. The predicted molar refractivity (Wildman–Crippen MR) is 73.7 cm³/mol. The number of nitrogens with two attached hydrogens (primary N) is 1. The van der Waals surface area contributed by atoms with E-state index in [1.807, 2.05) is 0 Å². The molecule has 0 heterocycles. The van der Waals surface area contributed by atoms with Gasteiger partial charge < -0.3 is 10.5 Å². The minimum atomic E-state index is -0.463. The second-order valence-electron chi connectivity index (χ2n) is 4.13. The summed E-state index contributed by atoms with van der Waals surface area (Å²) in [4.78, 5) is 21.0. The molecular weight excluding hydrogens is 260 g/mol. The number of hydrogen-bond acceptors (Lipinski definition) is 5. The third kappa shape index (κ3) is 3.11. The molecule has 2 N–H and O–H groups in total. The third-order valence-corrected chi connectivity index (χ3v) is 2.70. The Morgan fingerprint density at radius 1 is 1.20 bits per heavy atom. The topological polar surface area (TPSA) is 95.5 Å². The molecule has 2 aromatic carbocycles. The zero-order valence-corrected chi connectivity index (χ0v) is 10.5. The Hall–Kier alpha value is -2.89. The molecular formula is C14H12N2O4. The molecule has 0 bridgehead atoms. The number of carbonyl (C=O) groups is 1. The van der Waals surface area contributed by atoms with Crippen molar-refractivity contribution < 1.29 is 14.5 Å². The van der Waals surface area contributed by atoms with E-state index in [0.29, 0.717) is 23.3 Å². The van der Waals surface area contributed by atoms with E-state index >= 15 is 0 Å². The maximum Gasteiger partial charge on any atom is 0.269 e. The molecule has 0 fully saturated rings. The highest BCUT2D eigenvalue weighted by Gasteiger charge is 2.06. The molecule has 0 radical (unpaired) electrons. The van der Waals surface area contributed by atoms with Gasteiger partial charge in [-0.2, -0.15) is 0 Å². The number of nitro benzene ring substituents is 1. The van der Waals surface area contributed by atoms with Crippen molar-refractivity contribution in [3.05, 3.63) is 63.7 Å². The van der Waals surface area contributed by atoms with Crippen LogP contribution in [0.2, 0.25) is 0 Å². The molecule has 0 aliphatic heterocycles. The van der Waals surface area contributed by atoms with Gasteiger partial charge in [0.15, 0.2) is 6.29 Å². The van der Waals surface area contributed by atoms with Crippen molar-refractivity contribution >= 4 is 17.7 Å². The lowest BCUT2D eigenvalue weighted by Gasteiger charge is -2.09. The quantitative estimate of drug-likeness (QED) is 0.390. The maximum absolute atomic E-state index is 10.9. The molecule has 0 aliphatic carbocycles. The first-order valence-electron chi connectivity index (χ1n) is 5.81. The van der Waals surface area contributed by atoms with Crippen LogP contribution in [0.3, 0.4) is 0 Å². The Morgan fingerprint density at radius 2 is 1.90 bits per heavy atom. The highest BCUT2D eigenvalue weighted by molar-refractivity contribution is 5.81. The van der Waals surface area contributed by atoms with Gasteiger partial charge in [0.2, 0.25) is 0 Å². The van der Waals surface area contributed by atoms with Crippen LogP contribution in [0.5, 0.6) is 5.75 Å². The first kappa shape index (κ1) is 13.5. The summed E-state index contributed by atoms with van der Waals surface area (Å²) >= 11 is 0. The van der Waals surface area contributed by atoms with Crippen LogP contribution in [0, 0.1) is 10.1 Å². The van der Waals surface area contributed by atoms with Crippen LogP contribution in [0.4, 0.5) is 11.4 Å². The van der Waals surface area contributed by atoms with Crippen molar-refractivity contribution in [2.24, 2.45) is 0 Å². The number of nitro groups is 1. The highest BCUT2D eigenvalue weighted by Crippen LogP contribution is 2.21. The van der Waals surface area contributed by atoms with Crippen LogP contribution in [-0.4, -0.2) is 11.2 Å². The molecule has 0 saturated carbocycles. The van der Waals surface area contributed by atoms with Crippen LogP contribution in [-0.2, 0) is 6.61 Å². The first-order valence-corrected chi connectivity index (χ1v) is 5.81. The number of hydrogen-bond donors (Lipinski definition) is 1. The summed E-state index contributed by atoms with van der Waals surface area (Å²) in [5.41, 5.74) is 7.22. The molecule has 102 valence electrons. The number of carbonyl (C=O) groups excluding carboxylic acids is 1. The van der Waals surface area contributed by atoms with Gasteiger partial charge in [-0.15, -0.1) is 0 Å². The van der Waals surface area contributed by atoms with Gasteiger partial charge in [-0.25, -0.2) is 0 Å². The predicted octanol–water partition coefficient (Wildman–Crippen LogP) is 2.57. The molecule has 20 heavy (non-hydrogen) atoms. The summed E-state index contributed by atoms with van der Waals surface area (Å²) in [6, 6.07) is 10.8. The zero-order valence-electron chi connectivity index (χ0n) is 10.5. The SMILES string of the molecule is Nc1ccc(OCc2ccc([N+](=O)[O-])cc2)c(C=O)c1. The second kappa shape index (κ2) is 5.83. The van der Waals surface area contributed by atoms with Crippen LogP contribution in [0.15, 0.2) is 42.5 Å². The molecule has 0 spiro atoms. The number of anilines is 1. The van der Waals surface area contributed by atoms with Crippen molar-refractivity contribution in [2.45, 2.75) is 6.61 Å². The van der Waals surface area contributed by atoms with E-state index in [2.05, 4.69) is 0 Å². The monoisotopic (exact) mass is 272 g/mol. The Labute approximate surface area is 114 Å². The number of nitrogens with zero attached hydrogens (tertiary/aromatic N) is 1. The van der Waals surface area contributed by atoms with Gasteiger partial charge in [-0.05, 0) is 35.9 Å². The molecule has 0 unspecified atom stereocenters. The fraction of sp³-hybridized carbons (Fsp3) is 0.0714. The van der Waals surface area contributed by atoms with Gasteiger partial charge in [0.05, 0.1) is 10.5 Å². The fourth-order valence-electron chi connectivity index (χ4n) is 1.67. The lowest BCUT2D eigenvalue weighted by atomic mass is 10.2. The zero-order chi connectivity index (χ0) is 14.5. The maximum atomic E-state index is 10.9. The molecule has 0 saturated heterocycles. The lowest BCUT2D eigenvalue weighted by Crippen LogP contribution is -1.99. The molecule has 2 aromatic rings. The van der Waals surface area contributed by atoms with E-state index in [1.165, 1.54) is 18.2 Å². The Kier molecular flexibility index (Phi) is 3.95. The van der Waals surface area contributed by atoms with Crippen LogP contribution >= 0.6 is 0 Å². The van der Waals surface area contributed by atoms with E-state index in [-0.39, 0.29) is 12.3 Å². The van der Waals surface area contributed by atoms with E-state index in [9.17, 15) is 14.9 Å². The smallest absolute Gasteiger partial charge is 0.269 e. The van der Waals surface area contributed by atoms with E-state index < -0.39 is 4.92 Å². The highest BCUT2D eigenvalue weighted by atomic mass is 16.6. The van der Waals surface area contributed by atoms with Gasteiger partial charge in [0.1, 0.15) is 12.4 Å². The minimum absolute atomic E-state index is 0.0230. The number of benzene rings is 2. The normalized spacial score (nSPS) is 10.0. The molecule has 0 amide bonds. The van der Waals surface area contributed by atoms with Gasteiger partial charge in [0, 0.05) is 17.8 Å². The van der Waals surface area contributed by atoms with Gasteiger partial charge in [-0.3, -0.25) is 14.9 Å². The summed E-state index contributed by atoms with van der Waals surface area (Å²) in [6.07, 6.45) is 0.668. The Morgan fingerprint density at radius 3 is 2.50 bits per heavy atom. The van der Waals surface area contributed by atoms with Crippen molar-refractivity contribution in [3.8, 4) is 5.75 Å². The Balaban J connectivity index is 2.08. The first-order chi connectivity index (χ1) is 9.60. The van der Waals surface area contributed by atoms with E-state index in [4.69, 9.17) is 10.5 Å². The van der Waals surface area contributed by atoms with Crippen molar-refractivity contribution in [1.29, 1.82) is 0 Å². The lowest BCUT2D eigenvalue weighted by molar-refractivity contribution is -0.384. The molecule has 6 heteroatoms. The molecule has 0 aromatic heterocycles. The number of nitrogen functional groups attached to an aromatic ring is 1. The summed E-state index contributed by atoms with van der Waals surface area (Å²) < 4.78 is 5.51. The summed E-state index contributed by atoms with van der Waals surface area (Å²) in [6.45, 7) is 0.211. The van der Waals surface area contributed by atoms with Crippen LogP contribution in [0.25, 0.3) is 0 Å². The summed E-state index contributed by atoms with van der Waals surface area (Å²) in [5, 5.41) is 10.5. The average molecular weight is 272 g/mol. The molecule has 6 nitrogen and oxygen atoms in total. The van der Waals surface area contributed by atoms with Crippen LogP contribution in [0.1, 0.15) is 15.9 Å². The molecule has 0 atom stereocenters. The van der Waals surface area contributed by atoms with Crippen molar-refractivity contribution in [1.82, 2.24) is 0 Å². The Bertz CT molecular complexity index is 638. The van der Waals surface area contributed by atoms with Crippen molar-refractivity contribution in [3.63, 3.8) is 0 Å². The number of non-ortho nitro benzene ring substituents is 1. The molecule has 2 rings (SSSR count). The van der Waals surface area contributed by atoms with E-state index in [1.54, 1.807) is 24.3 Å². The van der Waals surface area contributed by atoms with Crippen LogP contribution < -0.4 is 10.5 Å². The minimum Gasteiger partial charge on any atom is -0.488 e. The largest absolute Gasteiger partial charge is 0.488 e. The average Bonchev–Trinajstić information content (AvgIpc) is 2.46. The van der Waals surface area contributed by atoms with Gasteiger partial charge in [0.25, 0.3) is 5.69 Å². The standard InChI is InChI=1S/C14H12N2O4/c15-12-3-6-14(11(7-12)8-17)20-9-10-1-4-13(5-2-10)16(18)19/h1-8H,9,15H2.